The molecule has 0 spiro atoms. The summed E-state index contributed by atoms with van der Waals surface area (Å²) in [6.45, 7) is 0.363. The Kier molecular flexibility index (Phi) is 5.65. The monoisotopic (exact) mass is 374 g/mol. The molecule has 2 amide bonds. The topological polar surface area (TPSA) is 84.9 Å². The maximum absolute atomic E-state index is 12.7. The largest absolute Gasteiger partial charge is 0.465 e. The predicted molar refractivity (Wildman–Crippen MR) is 95.9 cm³/mol. The van der Waals surface area contributed by atoms with Gasteiger partial charge in [-0.1, -0.05) is 30.3 Å². The summed E-state index contributed by atoms with van der Waals surface area (Å²) in [5.41, 5.74) is 1.20. The van der Waals surface area contributed by atoms with E-state index in [1.807, 2.05) is 30.3 Å². The molecule has 0 bridgehead atoms. The minimum absolute atomic E-state index is 0.0526. The highest BCUT2D eigenvalue weighted by Crippen LogP contribution is 2.25. The van der Waals surface area contributed by atoms with Gasteiger partial charge in [-0.15, -0.1) is 11.3 Å². The van der Waals surface area contributed by atoms with Crippen molar-refractivity contribution >= 4 is 34.1 Å². The van der Waals surface area contributed by atoms with Gasteiger partial charge in [0.15, 0.2) is 0 Å². The zero-order valence-electron chi connectivity index (χ0n) is 14.1. The highest BCUT2D eigenvalue weighted by Gasteiger charge is 2.34. The number of nitrogens with zero attached hydrogens (tertiary/aromatic N) is 1. The zero-order chi connectivity index (χ0) is 18.5. The minimum atomic E-state index is -0.774. The molecule has 1 aromatic heterocycles. The van der Waals surface area contributed by atoms with E-state index in [0.29, 0.717) is 11.5 Å². The summed E-state index contributed by atoms with van der Waals surface area (Å²) in [5, 5.41) is 4.79. The van der Waals surface area contributed by atoms with Crippen LogP contribution >= 0.6 is 11.3 Å². The second-order valence-corrected chi connectivity index (χ2v) is 6.60. The van der Waals surface area contributed by atoms with E-state index in [9.17, 15) is 14.4 Å². The number of carbonyl (C=O) groups is 3. The second kappa shape index (κ2) is 8.11. The van der Waals surface area contributed by atoms with Crippen molar-refractivity contribution in [3.63, 3.8) is 0 Å². The van der Waals surface area contributed by atoms with E-state index in [4.69, 9.17) is 9.47 Å². The Morgan fingerprint density at radius 1 is 1.31 bits per heavy atom. The summed E-state index contributed by atoms with van der Waals surface area (Å²) >= 11 is 1.21. The molecule has 26 heavy (non-hydrogen) atoms. The van der Waals surface area contributed by atoms with Crippen molar-refractivity contribution in [2.75, 3.05) is 25.6 Å². The molecule has 136 valence electrons. The van der Waals surface area contributed by atoms with Crippen molar-refractivity contribution in [3.05, 3.63) is 52.9 Å². The lowest BCUT2D eigenvalue weighted by Crippen LogP contribution is -2.54. The van der Waals surface area contributed by atoms with Gasteiger partial charge in [-0.3, -0.25) is 9.59 Å². The van der Waals surface area contributed by atoms with Crippen LogP contribution in [0.25, 0.3) is 0 Å². The van der Waals surface area contributed by atoms with Gasteiger partial charge in [0.25, 0.3) is 0 Å². The summed E-state index contributed by atoms with van der Waals surface area (Å²) < 4.78 is 9.97. The average Bonchev–Trinajstić information content (AvgIpc) is 3.11. The third kappa shape index (κ3) is 3.92. The van der Waals surface area contributed by atoms with Crippen LogP contribution in [-0.4, -0.2) is 49.0 Å². The number of nitrogens with one attached hydrogen (secondary N) is 1. The number of benzene rings is 1. The van der Waals surface area contributed by atoms with Gasteiger partial charge >= 0.3 is 5.97 Å². The summed E-state index contributed by atoms with van der Waals surface area (Å²) in [4.78, 5) is 38.3. The fourth-order valence-electron chi connectivity index (χ4n) is 2.67. The van der Waals surface area contributed by atoms with E-state index < -0.39 is 17.9 Å². The molecule has 1 N–H and O–H groups in total. The highest BCUT2D eigenvalue weighted by atomic mass is 32.1. The fourth-order valence-corrected chi connectivity index (χ4v) is 3.45. The first-order valence-electron chi connectivity index (χ1n) is 7.98. The van der Waals surface area contributed by atoms with Gasteiger partial charge in [0.2, 0.25) is 11.8 Å². The Bertz CT molecular complexity index is 805. The Labute approximate surface area is 154 Å². The molecule has 1 aromatic carbocycles. The number of hydrogen-bond acceptors (Lipinski definition) is 6. The summed E-state index contributed by atoms with van der Waals surface area (Å²) in [5.74, 6) is -1.18. The zero-order valence-corrected chi connectivity index (χ0v) is 15.0. The predicted octanol–water partition coefficient (Wildman–Crippen LogP) is 1.90. The Morgan fingerprint density at radius 2 is 2.08 bits per heavy atom. The number of amides is 2. The second-order valence-electron chi connectivity index (χ2n) is 5.68. The molecular formula is C18H18N2O5S. The number of ether oxygens (including phenoxy) is 2. The average molecular weight is 374 g/mol. The number of morpholine rings is 1. The molecule has 2 heterocycles. The molecule has 0 radical (unpaired) electrons. The van der Waals surface area contributed by atoms with Crippen molar-refractivity contribution in [3.8, 4) is 0 Å². The molecule has 2 aromatic rings. The summed E-state index contributed by atoms with van der Waals surface area (Å²) in [6.07, 6.45) is 0. The lowest BCUT2D eigenvalue weighted by Gasteiger charge is -2.34. The molecule has 8 heteroatoms. The van der Waals surface area contributed by atoms with Crippen LogP contribution in [0.1, 0.15) is 15.9 Å². The van der Waals surface area contributed by atoms with Gasteiger partial charge in [0, 0.05) is 6.54 Å². The molecule has 1 aliphatic rings. The normalized spacial score (nSPS) is 17.0. The molecule has 1 fully saturated rings. The van der Waals surface area contributed by atoms with Gasteiger partial charge in [-0.2, -0.15) is 0 Å². The molecular weight excluding hydrogens is 356 g/mol. The van der Waals surface area contributed by atoms with Crippen LogP contribution in [0.15, 0.2) is 41.8 Å². The maximum atomic E-state index is 12.7. The van der Waals surface area contributed by atoms with Gasteiger partial charge in [-0.05, 0) is 17.0 Å². The molecule has 7 nitrogen and oxygen atoms in total. The Hall–Kier alpha value is -2.71. The SMILES string of the molecule is COC(=O)c1ccsc1NC(=O)[C@@H]1COCC(=O)N1Cc1ccccc1. The van der Waals surface area contributed by atoms with Crippen molar-refractivity contribution < 1.29 is 23.9 Å². The number of hydrogen-bond donors (Lipinski definition) is 1. The molecule has 1 saturated heterocycles. The molecule has 3 rings (SSSR count). The van der Waals surface area contributed by atoms with Crippen LogP contribution in [0.4, 0.5) is 5.00 Å². The van der Waals surface area contributed by atoms with E-state index in [0.717, 1.165) is 5.56 Å². The quantitative estimate of drug-likeness (QED) is 0.808. The third-order valence-electron chi connectivity index (χ3n) is 4.00. The summed E-state index contributed by atoms with van der Waals surface area (Å²) in [7, 11) is 1.28. The number of anilines is 1. The van der Waals surface area contributed by atoms with Crippen LogP contribution in [0.5, 0.6) is 0 Å². The van der Waals surface area contributed by atoms with Crippen molar-refractivity contribution in [2.45, 2.75) is 12.6 Å². The lowest BCUT2D eigenvalue weighted by atomic mass is 10.1. The minimum Gasteiger partial charge on any atom is -0.465 e. The van der Waals surface area contributed by atoms with E-state index in [1.54, 1.807) is 11.4 Å². The van der Waals surface area contributed by atoms with Crippen molar-refractivity contribution in [1.82, 2.24) is 4.90 Å². The molecule has 0 saturated carbocycles. The van der Waals surface area contributed by atoms with Crippen LogP contribution in [0, 0.1) is 0 Å². The van der Waals surface area contributed by atoms with Crippen LogP contribution < -0.4 is 5.32 Å². The van der Waals surface area contributed by atoms with E-state index in [2.05, 4.69) is 5.32 Å². The number of thiophene rings is 1. The highest BCUT2D eigenvalue weighted by molar-refractivity contribution is 7.14. The van der Waals surface area contributed by atoms with Crippen molar-refractivity contribution in [2.24, 2.45) is 0 Å². The first kappa shape index (κ1) is 18.1. The standard InChI is InChI=1S/C18H18N2O5S/c1-24-18(23)13-7-8-26-17(13)19-16(22)14-10-25-11-15(21)20(14)9-12-5-3-2-4-6-12/h2-8,14H,9-11H2,1H3,(H,19,22)/t14-/m0/s1. The molecule has 0 aliphatic carbocycles. The number of esters is 1. The molecule has 1 aliphatic heterocycles. The van der Waals surface area contributed by atoms with Gasteiger partial charge in [-0.25, -0.2) is 4.79 Å². The smallest absolute Gasteiger partial charge is 0.340 e. The van der Waals surface area contributed by atoms with Crippen LogP contribution in [0.2, 0.25) is 0 Å². The van der Waals surface area contributed by atoms with Crippen LogP contribution in [0.3, 0.4) is 0 Å². The first-order chi connectivity index (χ1) is 12.6. The number of methoxy groups -OCH3 is 1. The van der Waals surface area contributed by atoms with E-state index >= 15 is 0 Å². The summed E-state index contributed by atoms with van der Waals surface area (Å²) in [6, 6.07) is 10.2. The maximum Gasteiger partial charge on any atom is 0.340 e. The van der Waals surface area contributed by atoms with Crippen molar-refractivity contribution in [1.29, 1.82) is 0 Å². The Morgan fingerprint density at radius 3 is 2.81 bits per heavy atom. The molecule has 1 atom stereocenters. The molecule has 0 unspecified atom stereocenters. The number of carbonyl (C=O) groups excluding carboxylic acids is 3. The lowest BCUT2D eigenvalue weighted by molar-refractivity contribution is -0.154. The Balaban J connectivity index is 1.77. The number of rotatable bonds is 5. The van der Waals surface area contributed by atoms with Crippen LogP contribution in [-0.2, 0) is 25.6 Å². The fraction of sp³-hybridized carbons (Fsp3) is 0.278. The van der Waals surface area contributed by atoms with E-state index in [-0.39, 0.29) is 24.7 Å². The van der Waals surface area contributed by atoms with Gasteiger partial charge < -0.3 is 19.7 Å². The van der Waals surface area contributed by atoms with Gasteiger partial charge in [0.1, 0.15) is 17.6 Å². The van der Waals surface area contributed by atoms with E-state index in [1.165, 1.54) is 23.3 Å². The van der Waals surface area contributed by atoms with Gasteiger partial charge in [0.05, 0.1) is 19.3 Å². The first-order valence-corrected chi connectivity index (χ1v) is 8.86. The third-order valence-corrected chi connectivity index (χ3v) is 4.83.